The molecule has 0 saturated carbocycles. The molecule has 80 valence electrons. The van der Waals surface area contributed by atoms with E-state index in [2.05, 4.69) is 13.8 Å². The minimum absolute atomic E-state index is 0. The Kier molecular flexibility index (Phi) is 5.96. The molecule has 3 heteroatoms. The lowest BCUT2D eigenvalue weighted by Crippen LogP contribution is -2.47. The van der Waals surface area contributed by atoms with E-state index in [1.54, 1.807) is 13.8 Å². The van der Waals surface area contributed by atoms with E-state index < -0.39 is 11.2 Å². The Bertz CT molecular complexity index is 136. The number of aliphatic hydroxyl groups is 1. The first-order valence-corrected chi connectivity index (χ1v) is 4.53. The van der Waals surface area contributed by atoms with Crippen LogP contribution in [0.3, 0.4) is 0 Å². The van der Waals surface area contributed by atoms with Crippen LogP contribution in [0.15, 0.2) is 0 Å². The van der Waals surface area contributed by atoms with E-state index in [4.69, 9.17) is 4.74 Å². The normalized spacial score (nSPS) is 12.9. The molecule has 0 bridgehead atoms. The highest BCUT2D eigenvalue weighted by Gasteiger charge is 2.35. The minimum atomic E-state index is -0.790. The van der Waals surface area contributed by atoms with Crippen molar-refractivity contribution < 1.29 is 9.84 Å². The van der Waals surface area contributed by atoms with Gasteiger partial charge in [-0.05, 0) is 33.6 Å². The first-order chi connectivity index (χ1) is 5.17. The van der Waals surface area contributed by atoms with Gasteiger partial charge in [-0.1, -0.05) is 13.8 Å². The molecule has 0 atom stereocenters. The van der Waals surface area contributed by atoms with Crippen LogP contribution in [-0.4, -0.2) is 31.3 Å². The van der Waals surface area contributed by atoms with Crippen molar-refractivity contribution in [2.45, 2.75) is 52.7 Å². The summed E-state index contributed by atoms with van der Waals surface area (Å²) < 4.78 is 5.61. The maximum Gasteiger partial charge on any atom is 0.0906 e. The van der Waals surface area contributed by atoms with Crippen LogP contribution in [0.5, 0.6) is 0 Å². The van der Waals surface area contributed by atoms with E-state index in [1.807, 2.05) is 13.8 Å². The lowest BCUT2D eigenvalue weighted by molar-refractivity contribution is -0.152. The molecule has 0 unspecified atom stereocenters. The SMILES string of the molecule is B.CC(C)COC(C)(C)C(C)(C)O. The maximum atomic E-state index is 9.73. The summed E-state index contributed by atoms with van der Waals surface area (Å²) in [4.78, 5) is 0. The molecule has 0 aromatic carbocycles. The van der Waals surface area contributed by atoms with Gasteiger partial charge in [0.05, 0.1) is 19.6 Å². The highest BCUT2D eigenvalue weighted by atomic mass is 16.5. The number of hydrogen-bond acceptors (Lipinski definition) is 2. The lowest BCUT2D eigenvalue weighted by atomic mass is 9.89. The van der Waals surface area contributed by atoms with Crippen LogP contribution >= 0.6 is 0 Å². The number of hydrogen-bond donors (Lipinski definition) is 1. The summed E-state index contributed by atoms with van der Waals surface area (Å²) in [5, 5.41) is 9.73. The Labute approximate surface area is 84.3 Å². The summed E-state index contributed by atoms with van der Waals surface area (Å²) in [7, 11) is 0. The number of ether oxygens (including phenoxy) is 1. The van der Waals surface area contributed by atoms with Gasteiger partial charge in [0.15, 0.2) is 0 Å². The Morgan fingerprint density at radius 3 is 1.77 bits per heavy atom. The molecule has 0 aromatic rings. The van der Waals surface area contributed by atoms with Crippen LogP contribution in [0, 0.1) is 5.92 Å². The molecule has 2 nitrogen and oxygen atoms in total. The molecule has 0 rings (SSSR count). The van der Waals surface area contributed by atoms with Crippen LogP contribution in [0.4, 0.5) is 0 Å². The molecule has 0 aromatic heterocycles. The summed E-state index contributed by atoms with van der Waals surface area (Å²) in [5.41, 5.74) is -1.26. The summed E-state index contributed by atoms with van der Waals surface area (Å²) in [6.07, 6.45) is 0. The third kappa shape index (κ3) is 5.32. The largest absolute Gasteiger partial charge is 0.387 e. The van der Waals surface area contributed by atoms with Gasteiger partial charge in [-0.3, -0.25) is 0 Å². The van der Waals surface area contributed by atoms with Crippen LogP contribution in [-0.2, 0) is 4.74 Å². The maximum absolute atomic E-state index is 9.73. The van der Waals surface area contributed by atoms with Crippen molar-refractivity contribution in [2.75, 3.05) is 6.61 Å². The average Bonchev–Trinajstić information content (AvgIpc) is 1.81. The Morgan fingerprint density at radius 1 is 1.15 bits per heavy atom. The summed E-state index contributed by atoms with van der Waals surface area (Å²) >= 11 is 0. The summed E-state index contributed by atoms with van der Waals surface area (Å²) in [6.45, 7) is 12.3. The standard InChI is InChI=1S/C10H22O2.BH3/c1-8(2)7-12-10(5,6)9(3,4)11;/h8,11H,7H2,1-6H3;1H3. The smallest absolute Gasteiger partial charge is 0.0906 e. The third-order valence-corrected chi connectivity index (χ3v) is 2.25. The van der Waals surface area contributed by atoms with Crippen LogP contribution < -0.4 is 0 Å². The van der Waals surface area contributed by atoms with Gasteiger partial charge in [-0.2, -0.15) is 0 Å². The van der Waals surface area contributed by atoms with Gasteiger partial charge in [0.1, 0.15) is 0 Å². The van der Waals surface area contributed by atoms with Crippen molar-refractivity contribution in [3.8, 4) is 0 Å². The molecule has 13 heavy (non-hydrogen) atoms. The second-order valence-corrected chi connectivity index (χ2v) is 4.77. The molecule has 0 aliphatic heterocycles. The highest BCUT2D eigenvalue weighted by molar-refractivity contribution is 5.75. The van der Waals surface area contributed by atoms with E-state index in [0.29, 0.717) is 12.5 Å². The van der Waals surface area contributed by atoms with Crippen molar-refractivity contribution in [1.82, 2.24) is 0 Å². The van der Waals surface area contributed by atoms with Gasteiger partial charge in [-0.25, -0.2) is 0 Å². The first kappa shape index (κ1) is 15.5. The fourth-order valence-corrected chi connectivity index (χ4v) is 0.552. The molecule has 0 fully saturated rings. The van der Waals surface area contributed by atoms with Gasteiger partial charge in [0.25, 0.3) is 0 Å². The second kappa shape index (κ2) is 5.01. The topological polar surface area (TPSA) is 29.5 Å². The average molecular weight is 188 g/mol. The molecule has 0 radical (unpaired) electrons. The summed E-state index contributed by atoms with van der Waals surface area (Å²) in [5.74, 6) is 0.506. The molecule has 0 amide bonds. The highest BCUT2D eigenvalue weighted by Crippen LogP contribution is 2.25. The van der Waals surface area contributed by atoms with Gasteiger partial charge in [-0.15, -0.1) is 0 Å². The molecule has 0 spiro atoms. The molecule has 1 N–H and O–H groups in total. The molecule has 0 heterocycles. The van der Waals surface area contributed by atoms with E-state index in [0.717, 1.165) is 0 Å². The number of rotatable bonds is 4. The van der Waals surface area contributed by atoms with Gasteiger partial charge in [0, 0.05) is 6.61 Å². The molecule has 0 aliphatic rings. The Balaban J connectivity index is 0. The van der Waals surface area contributed by atoms with Crippen molar-refractivity contribution in [2.24, 2.45) is 5.92 Å². The van der Waals surface area contributed by atoms with Crippen molar-refractivity contribution in [1.29, 1.82) is 0 Å². The molecular weight excluding hydrogens is 163 g/mol. The quantitative estimate of drug-likeness (QED) is 0.667. The summed E-state index contributed by atoms with van der Waals surface area (Å²) in [6, 6.07) is 0. The predicted molar refractivity (Wildman–Crippen MR) is 61.1 cm³/mol. The third-order valence-electron chi connectivity index (χ3n) is 2.25. The van der Waals surface area contributed by atoms with Gasteiger partial charge in [0.2, 0.25) is 0 Å². The van der Waals surface area contributed by atoms with Gasteiger partial charge >= 0.3 is 0 Å². The van der Waals surface area contributed by atoms with Crippen LogP contribution in [0.2, 0.25) is 0 Å². The van der Waals surface area contributed by atoms with E-state index in [1.165, 1.54) is 0 Å². The van der Waals surface area contributed by atoms with Crippen molar-refractivity contribution in [3.05, 3.63) is 0 Å². The first-order valence-electron chi connectivity index (χ1n) is 4.53. The minimum Gasteiger partial charge on any atom is -0.387 e. The monoisotopic (exact) mass is 188 g/mol. The zero-order valence-electron chi connectivity index (χ0n) is 9.14. The lowest BCUT2D eigenvalue weighted by Gasteiger charge is -2.37. The van der Waals surface area contributed by atoms with E-state index >= 15 is 0 Å². The molecule has 0 aliphatic carbocycles. The fourth-order valence-electron chi connectivity index (χ4n) is 0.552. The zero-order chi connectivity index (χ0) is 9.99. The predicted octanol–water partition coefficient (Wildman–Crippen LogP) is 1.02. The van der Waals surface area contributed by atoms with Crippen LogP contribution in [0.25, 0.3) is 0 Å². The molecule has 0 saturated heterocycles. The van der Waals surface area contributed by atoms with Crippen molar-refractivity contribution in [3.63, 3.8) is 0 Å². The van der Waals surface area contributed by atoms with E-state index in [9.17, 15) is 5.11 Å². The Morgan fingerprint density at radius 2 is 1.54 bits per heavy atom. The van der Waals surface area contributed by atoms with Gasteiger partial charge < -0.3 is 9.84 Å². The molecular formula is C10H25BO2. The zero-order valence-corrected chi connectivity index (χ0v) is 9.14. The van der Waals surface area contributed by atoms with E-state index in [-0.39, 0.29) is 8.41 Å². The van der Waals surface area contributed by atoms with Crippen molar-refractivity contribution >= 4 is 8.41 Å². The second-order valence-electron chi connectivity index (χ2n) is 4.77. The Hall–Kier alpha value is -0.0151. The van der Waals surface area contributed by atoms with Crippen LogP contribution in [0.1, 0.15) is 41.5 Å². The fraction of sp³-hybridized carbons (Fsp3) is 1.00.